The molecule has 1 aromatic carbocycles. The quantitative estimate of drug-likeness (QED) is 0.309. The van der Waals surface area contributed by atoms with Gasteiger partial charge >= 0.3 is 6.18 Å². The Balaban J connectivity index is 1.87. The molecule has 2 heterocycles. The molecule has 4 N–H and O–H groups in total. The van der Waals surface area contributed by atoms with E-state index in [1.165, 1.54) is 12.3 Å². The summed E-state index contributed by atoms with van der Waals surface area (Å²) >= 11 is 0. The molecule has 0 amide bonds. The molecule has 0 aliphatic rings. The molecule has 164 valence electrons. The average molecular weight is 465 g/mol. The van der Waals surface area contributed by atoms with E-state index in [-0.39, 0.29) is 27.5 Å². The highest BCUT2D eigenvalue weighted by Crippen LogP contribution is 2.28. The molecule has 0 saturated heterocycles. The molecule has 12 heteroatoms. The number of halogens is 5. The fourth-order valence-electron chi connectivity index (χ4n) is 2.37. The summed E-state index contributed by atoms with van der Waals surface area (Å²) in [6.07, 6.45) is -1.71. The number of benzene rings is 1. The number of nitrogens with one attached hydrogen (secondary N) is 2. The van der Waals surface area contributed by atoms with Gasteiger partial charge in [-0.1, -0.05) is 11.8 Å². The summed E-state index contributed by atoms with van der Waals surface area (Å²) in [6.45, 7) is 0. The Morgan fingerprint density at radius 3 is 2.47 bits per heavy atom. The fraction of sp³-hybridized carbons (Fsp3) is 0.0500. The Kier molecular flexibility index (Phi) is 6.50. The van der Waals surface area contributed by atoms with Gasteiger partial charge in [-0.15, -0.1) is 0 Å². The van der Waals surface area contributed by atoms with Crippen molar-refractivity contribution in [1.82, 2.24) is 9.97 Å². The number of nitrogens with zero attached hydrogens (tertiary/aromatic N) is 2. The molecule has 2 aromatic heterocycles. The molecule has 0 spiro atoms. The van der Waals surface area contributed by atoms with E-state index in [2.05, 4.69) is 26.5 Å². The van der Waals surface area contributed by atoms with Gasteiger partial charge in [-0.05, 0) is 30.3 Å². The van der Waals surface area contributed by atoms with Crippen molar-refractivity contribution in [2.24, 2.45) is 0 Å². The van der Waals surface area contributed by atoms with E-state index in [9.17, 15) is 26.2 Å². The molecule has 0 saturated carbocycles. The first-order chi connectivity index (χ1) is 15.1. The molecular weight excluding hydrogens is 453 g/mol. The van der Waals surface area contributed by atoms with Crippen molar-refractivity contribution in [3.05, 3.63) is 76.7 Å². The summed E-state index contributed by atoms with van der Waals surface area (Å²) in [5, 5.41) is 7.24. The van der Waals surface area contributed by atoms with Gasteiger partial charge in [0.25, 0.3) is 0 Å². The highest BCUT2D eigenvalue weighted by atomic mass is 32.2. The van der Waals surface area contributed by atoms with Gasteiger partial charge in [0.1, 0.15) is 17.3 Å². The Hall–Kier alpha value is -3.85. The maximum absolute atomic E-state index is 14.8. The molecule has 0 fully saturated rings. The Labute approximate surface area is 180 Å². The highest BCUT2D eigenvalue weighted by molar-refractivity contribution is 7.86. The van der Waals surface area contributed by atoms with E-state index in [4.69, 9.17) is 11.1 Å². The van der Waals surface area contributed by atoms with Crippen LogP contribution in [0.3, 0.4) is 0 Å². The van der Waals surface area contributed by atoms with Crippen LogP contribution in [-0.2, 0) is 17.2 Å². The van der Waals surface area contributed by atoms with Gasteiger partial charge in [-0.2, -0.15) is 13.2 Å². The van der Waals surface area contributed by atoms with Crippen LogP contribution in [0, 0.1) is 28.9 Å². The lowest BCUT2D eigenvalue weighted by atomic mass is 10.1. The lowest BCUT2D eigenvalue weighted by molar-refractivity contribution is -0.141. The summed E-state index contributed by atoms with van der Waals surface area (Å²) in [5.41, 5.74) is 3.90. The lowest BCUT2D eigenvalue weighted by Crippen LogP contribution is -2.11. The number of alkyl halides is 3. The monoisotopic (exact) mass is 465 g/mol. The van der Waals surface area contributed by atoms with Crippen LogP contribution in [0.2, 0.25) is 0 Å². The minimum atomic E-state index is -4.66. The summed E-state index contributed by atoms with van der Waals surface area (Å²) < 4.78 is 81.3. The van der Waals surface area contributed by atoms with Crippen LogP contribution < -0.4 is 10.5 Å². The van der Waals surface area contributed by atoms with Crippen molar-refractivity contribution < 1.29 is 26.2 Å². The molecular formula is C20H12F5N5OS. The molecule has 0 radical (unpaired) electrons. The van der Waals surface area contributed by atoms with E-state index in [0.717, 1.165) is 30.6 Å². The van der Waals surface area contributed by atoms with Crippen molar-refractivity contribution in [3.8, 4) is 11.8 Å². The van der Waals surface area contributed by atoms with E-state index in [1.54, 1.807) is 0 Å². The van der Waals surface area contributed by atoms with E-state index in [0.29, 0.717) is 6.07 Å². The largest absolute Gasteiger partial charge is 0.433 e. The predicted octanol–water partition coefficient (Wildman–Crippen LogP) is 3.89. The smallest absolute Gasteiger partial charge is 0.383 e. The van der Waals surface area contributed by atoms with Crippen LogP contribution in [-0.4, -0.2) is 20.4 Å². The van der Waals surface area contributed by atoms with Gasteiger partial charge < -0.3 is 11.1 Å². The van der Waals surface area contributed by atoms with Gasteiger partial charge in [-0.25, -0.2) is 18.0 Å². The minimum Gasteiger partial charge on any atom is -0.383 e. The maximum Gasteiger partial charge on any atom is 0.433 e. The number of aromatic nitrogens is 2. The second kappa shape index (κ2) is 9.11. The first kappa shape index (κ1) is 22.8. The van der Waals surface area contributed by atoms with Crippen LogP contribution in [0.15, 0.2) is 47.6 Å². The zero-order valence-electron chi connectivity index (χ0n) is 15.8. The number of hydrogen-bond acceptors (Lipinski definition) is 5. The normalized spacial score (nSPS) is 11.9. The Morgan fingerprint density at radius 2 is 1.84 bits per heavy atom. The van der Waals surface area contributed by atoms with E-state index in [1.807, 2.05) is 0 Å². The fourth-order valence-corrected chi connectivity index (χ4v) is 3.19. The van der Waals surface area contributed by atoms with Crippen molar-refractivity contribution in [3.63, 3.8) is 0 Å². The van der Waals surface area contributed by atoms with Crippen molar-refractivity contribution in [1.29, 1.82) is 5.41 Å². The molecule has 0 aliphatic heterocycles. The second-order valence-electron chi connectivity index (χ2n) is 6.12. The molecule has 0 bridgehead atoms. The predicted molar refractivity (Wildman–Crippen MR) is 108 cm³/mol. The SMILES string of the molecule is N=Cc1cc(C#Cc2c(F)ccc(NS(=O)c3ccc(C(F)(F)F)nc3)c2F)cnc1N. The van der Waals surface area contributed by atoms with Crippen LogP contribution >= 0.6 is 0 Å². The average Bonchev–Trinajstić information content (AvgIpc) is 2.76. The molecule has 3 rings (SSSR count). The van der Waals surface area contributed by atoms with Crippen LogP contribution in [0.1, 0.15) is 22.4 Å². The number of nitrogens with two attached hydrogens (primary N) is 1. The number of pyridine rings is 2. The standard InChI is InChI=1S/C20H12F5N5OS/c21-15-4-5-16(30-32(31)13-2-6-17(28-10-13)20(23,24)25)18(22)14(15)3-1-11-7-12(8-26)19(27)29-9-11/h2,4-10,26,30H,(H2,27,29). The zero-order chi connectivity index (χ0) is 23.5. The van der Waals surface area contributed by atoms with Crippen molar-refractivity contribution >= 4 is 28.7 Å². The molecule has 1 unspecified atom stereocenters. The molecule has 1 atom stereocenters. The van der Waals surface area contributed by atoms with E-state index >= 15 is 0 Å². The number of rotatable bonds is 4. The topological polar surface area (TPSA) is 105 Å². The molecule has 3 aromatic rings. The second-order valence-corrected chi connectivity index (χ2v) is 7.34. The first-order valence-electron chi connectivity index (χ1n) is 8.58. The summed E-state index contributed by atoms with van der Waals surface area (Å²) in [6, 6.07) is 4.84. The molecule has 6 nitrogen and oxygen atoms in total. The summed E-state index contributed by atoms with van der Waals surface area (Å²) in [4.78, 5) is 6.86. The minimum absolute atomic E-state index is 0.0920. The Bertz CT molecular complexity index is 1270. The third kappa shape index (κ3) is 5.06. The zero-order valence-corrected chi connectivity index (χ0v) is 16.6. The van der Waals surface area contributed by atoms with Gasteiger partial charge in [0.2, 0.25) is 0 Å². The lowest BCUT2D eigenvalue weighted by Gasteiger charge is -2.10. The van der Waals surface area contributed by atoms with Gasteiger partial charge in [0, 0.05) is 29.7 Å². The number of nitrogen functional groups attached to an aromatic ring is 1. The first-order valence-corrected chi connectivity index (χ1v) is 9.73. The Morgan fingerprint density at radius 1 is 1.09 bits per heavy atom. The van der Waals surface area contributed by atoms with Gasteiger partial charge in [0.05, 0.1) is 16.1 Å². The maximum atomic E-state index is 14.8. The van der Waals surface area contributed by atoms with Crippen LogP contribution in [0.5, 0.6) is 0 Å². The third-order valence-corrected chi connectivity index (χ3v) is 5.05. The van der Waals surface area contributed by atoms with Crippen LogP contribution in [0.4, 0.5) is 33.5 Å². The number of hydrogen-bond donors (Lipinski definition) is 3. The molecule has 0 aliphatic carbocycles. The van der Waals surface area contributed by atoms with Crippen LogP contribution in [0.25, 0.3) is 0 Å². The summed E-state index contributed by atoms with van der Waals surface area (Å²) in [5.74, 6) is 2.77. The summed E-state index contributed by atoms with van der Waals surface area (Å²) in [7, 11) is -2.18. The molecule has 32 heavy (non-hydrogen) atoms. The van der Waals surface area contributed by atoms with Gasteiger partial charge in [0.15, 0.2) is 16.8 Å². The van der Waals surface area contributed by atoms with E-state index < -0.39 is 40.1 Å². The third-order valence-electron chi connectivity index (χ3n) is 3.97. The van der Waals surface area contributed by atoms with Crippen molar-refractivity contribution in [2.45, 2.75) is 11.1 Å². The van der Waals surface area contributed by atoms with Gasteiger partial charge in [-0.3, -0.25) is 9.71 Å². The van der Waals surface area contributed by atoms with Crippen molar-refractivity contribution in [2.75, 3.05) is 10.5 Å². The number of anilines is 2. The highest BCUT2D eigenvalue weighted by Gasteiger charge is 2.32.